The van der Waals surface area contributed by atoms with Gasteiger partial charge in [-0.15, -0.1) is 0 Å². The molecule has 146 valence electrons. The van der Waals surface area contributed by atoms with Gasteiger partial charge in [-0.1, -0.05) is 47.0 Å². The number of aliphatic hydroxyl groups is 1. The Kier molecular flexibility index (Phi) is 6.17. The molecule has 0 spiro atoms. The Bertz CT molecular complexity index is 432. The molecule has 0 amide bonds. The SMILES string of the molecule is CCN(C[C@@H](O)CCO[C@@H]1C[C@@H]2CC[C@]1(C)C2(C)C)C1CCCCC1. The van der Waals surface area contributed by atoms with Crippen LogP contribution in [0.4, 0.5) is 0 Å². The van der Waals surface area contributed by atoms with Crippen LogP contribution in [-0.4, -0.2) is 48.0 Å². The summed E-state index contributed by atoms with van der Waals surface area (Å²) in [5, 5.41) is 10.5. The number of hydrogen-bond acceptors (Lipinski definition) is 3. The molecule has 0 radical (unpaired) electrons. The van der Waals surface area contributed by atoms with Crippen LogP contribution in [0.15, 0.2) is 0 Å². The van der Waals surface area contributed by atoms with E-state index in [1.165, 1.54) is 51.4 Å². The van der Waals surface area contributed by atoms with Gasteiger partial charge < -0.3 is 9.84 Å². The first-order valence-corrected chi connectivity index (χ1v) is 10.9. The lowest BCUT2D eigenvalue weighted by Crippen LogP contribution is -2.42. The maximum atomic E-state index is 10.5. The highest BCUT2D eigenvalue weighted by Crippen LogP contribution is 2.66. The molecular weight excluding hydrogens is 310 g/mol. The lowest BCUT2D eigenvalue weighted by atomic mass is 9.70. The van der Waals surface area contributed by atoms with Crippen LogP contribution in [0, 0.1) is 16.7 Å². The van der Waals surface area contributed by atoms with E-state index in [-0.39, 0.29) is 6.10 Å². The summed E-state index contributed by atoms with van der Waals surface area (Å²) < 4.78 is 6.33. The number of rotatable bonds is 8. The Labute approximate surface area is 155 Å². The summed E-state index contributed by atoms with van der Waals surface area (Å²) in [4.78, 5) is 2.51. The zero-order valence-electron chi connectivity index (χ0n) is 17.1. The van der Waals surface area contributed by atoms with E-state index in [9.17, 15) is 5.11 Å². The van der Waals surface area contributed by atoms with Crippen molar-refractivity contribution in [1.29, 1.82) is 0 Å². The summed E-state index contributed by atoms with van der Waals surface area (Å²) >= 11 is 0. The summed E-state index contributed by atoms with van der Waals surface area (Å²) in [5.74, 6) is 0.828. The molecule has 0 saturated heterocycles. The van der Waals surface area contributed by atoms with Crippen molar-refractivity contribution in [1.82, 2.24) is 4.90 Å². The average Bonchev–Trinajstić information content (AvgIpc) is 2.94. The quantitative estimate of drug-likeness (QED) is 0.692. The minimum Gasteiger partial charge on any atom is -0.392 e. The number of nitrogens with zero attached hydrogens (tertiary/aromatic N) is 1. The number of fused-ring (bicyclic) bond motifs is 2. The van der Waals surface area contributed by atoms with Gasteiger partial charge in [-0.2, -0.15) is 0 Å². The topological polar surface area (TPSA) is 32.7 Å². The first-order chi connectivity index (χ1) is 11.9. The van der Waals surface area contributed by atoms with Gasteiger partial charge in [-0.3, -0.25) is 4.90 Å². The van der Waals surface area contributed by atoms with Crippen LogP contribution in [0.5, 0.6) is 0 Å². The molecule has 0 aromatic rings. The number of hydrogen-bond donors (Lipinski definition) is 1. The monoisotopic (exact) mass is 351 g/mol. The minimum absolute atomic E-state index is 0.249. The molecule has 0 heterocycles. The van der Waals surface area contributed by atoms with E-state index in [1.54, 1.807) is 0 Å². The average molecular weight is 352 g/mol. The van der Waals surface area contributed by atoms with Gasteiger partial charge in [0.1, 0.15) is 0 Å². The summed E-state index contributed by atoms with van der Waals surface area (Å²) in [5.41, 5.74) is 0.746. The fourth-order valence-corrected chi connectivity index (χ4v) is 6.07. The predicted molar refractivity (Wildman–Crippen MR) is 104 cm³/mol. The molecular formula is C22H41NO2. The van der Waals surface area contributed by atoms with Crippen LogP contribution in [-0.2, 0) is 4.74 Å². The van der Waals surface area contributed by atoms with Gasteiger partial charge in [0, 0.05) is 19.2 Å². The van der Waals surface area contributed by atoms with Crippen molar-refractivity contribution in [3.63, 3.8) is 0 Å². The van der Waals surface area contributed by atoms with Crippen molar-refractivity contribution < 1.29 is 9.84 Å². The summed E-state index contributed by atoms with van der Waals surface area (Å²) in [6.07, 6.45) is 11.6. The molecule has 0 unspecified atom stereocenters. The second-order valence-electron chi connectivity index (χ2n) is 9.79. The molecule has 0 aromatic carbocycles. The molecule has 3 aliphatic carbocycles. The largest absolute Gasteiger partial charge is 0.392 e. The van der Waals surface area contributed by atoms with Gasteiger partial charge in [-0.05, 0) is 61.8 Å². The molecule has 3 fully saturated rings. The van der Waals surface area contributed by atoms with E-state index in [1.807, 2.05) is 0 Å². The number of aliphatic hydroxyl groups excluding tert-OH is 1. The number of ether oxygens (including phenoxy) is 1. The molecule has 3 saturated carbocycles. The fourth-order valence-electron chi connectivity index (χ4n) is 6.07. The van der Waals surface area contributed by atoms with Gasteiger partial charge in [0.05, 0.1) is 12.2 Å². The maximum absolute atomic E-state index is 10.5. The first kappa shape index (κ1) is 19.6. The molecule has 3 nitrogen and oxygen atoms in total. The maximum Gasteiger partial charge on any atom is 0.0689 e. The molecule has 3 aliphatic rings. The van der Waals surface area contributed by atoms with E-state index in [0.717, 1.165) is 25.4 Å². The van der Waals surface area contributed by atoms with Crippen LogP contribution in [0.2, 0.25) is 0 Å². The van der Waals surface area contributed by atoms with Crippen LogP contribution in [0.25, 0.3) is 0 Å². The van der Waals surface area contributed by atoms with Gasteiger partial charge in [0.25, 0.3) is 0 Å². The smallest absolute Gasteiger partial charge is 0.0689 e. The Morgan fingerprint density at radius 2 is 1.84 bits per heavy atom. The third-order valence-electron chi connectivity index (χ3n) is 8.43. The minimum atomic E-state index is -0.249. The molecule has 3 heteroatoms. The van der Waals surface area contributed by atoms with Crippen molar-refractivity contribution in [3.05, 3.63) is 0 Å². The Morgan fingerprint density at radius 1 is 1.12 bits per heavy atom. The van der Waals surface area contributed by atoms with Gasteiger partial charge in [-0.25, -0.2) is 0 Å². The second kappa shape index (κ2) is 7.86. The van der Waals surface area contributed by atoms with Crippen LogP contribution < -0.4 is 0 Å². The van der Waals surface area contributed by atoms with Crippen LogP contribution >= 0.6 is 0 Å². The standard InChI is InChI=1S/C22H41NO2/c1-5-23(18-9-7-6-8-10-18)16-19(24)12-14-25-20-15-17-11-13-22(20,4)21(17,2)3/h17-20,24H,5-16H2,1-4H3/t17-,19-,20+,22-/m0/s1. The van der Waals surface area contributed by atoms with Crippen molar-refractivity contribution >= 4 is 0 Å². The predicted octanol–water partition coefficient (Wildman–Crippen LogP) is 4.62. The zero-order chi connectivity index (χ0) is 18.1. The molecule has 0 aliphatic heterocycles. The van der Waals surface area contributed by atoms with Crippen molar-refractivity contribution in [3.8, 4) is 0 Å². The highest BCUT2D eigenvalue weighted by Gasteiger charge is 2.61. The molecule has 2 bridgehead atoms. The lowest BCUT2D eigenvalue weighted by Gasteiger charge is -2.39. The van der Waals surface area contributed by atoms with E-state index in [0.29, 0.717) is 29.6 Å². The summed E-state index contributed by atoms with van der Waals surface area (Å²) in [6, 6.07) is 0.694. The highest BCUT2D eigenvalue weighted by atomic mass is 16.5. The Morgan fingerprint density at radius 3 is 2.40 bits per heavy atom. The summed E-state index contributed by atoms with van der Waals surface area (Å²) in [6.45, 7) is 12.1. The molecule has 3 rings (SSSR count). The first-order valence-electron chi connectivity index (χ1n) is 10.9. The summed E-state index contributed by atoms with van der Waals surface area (Å²) in [7, 11) is 0. The lowest BCUT2D eigenvalue weighted by molar-refractivity contribution is -0.0572. The Balaban J connectivity index is 1.41. The van der Waals surface area contributed by atoms with Crippen LogP contribution in [0.1, 0.15) is 85.5 Å². The van der Waals surface area contributed by atoms with Crippen molar-refractivity contribution in [2.75, 3.05) is 19.7 Å². The molecule has 25 heavy (non-hydrogen) atoms. The van der Waals surface area contributed by atoms with Crippen molar-refractivity contribution in [2.45, 2.75) is 104 Å². The normalized spacial score (nSPS) is 36.2. The number of likely N-dealkylation sites (N-methyl/N-ethyl adjacent to an activating group) is 1. The molecule has 4 atom stereocenters. The van der Waals surface area contributed by atoms with E-state index in [4.69, 9.17) is 4.74 Å². The zero-order valence-corrected chi connectivity index (χ0v) is 17.1. The molecule has 1 N–H and O–H groups in total. The third-order valence-corrected chi connectivity index (χ3v) is 8.43. The van der Waals surface area contributed by atoms with Gasteiger partial charge in [0.2, 0.25) is 0 Å². The van der Waals surface area contributed by atoms with E-state index in [2.05, 4.69) is 32.6 Å². The molecule has 0 aromatic heterocycles. The van der Waals surface area contributed by atoms with E-state index < -0.39 is 0 Å². The van der Waals surface area contributed by atoms with Crippen molar-refractivity contribution in [2.24, 2.45) is 16.7 Å². The van der Waals surface area contributed by atoms with Gasteiger partial charge in [0.15, 0.2) is 0 Å². The fraction of sp³-hybridized carbons (Fsp3) is 1.00. The third kappa shape index (κ3) is 3.80. The van der Waals surface area contributed by atoms with Crippen LogP contribution in [0.3, 0.4) is 0 Å². The Hall–Kier alpha value is -0.120. The highest BCUT2D eigenvalue weighted by molar-refractivity contribution is 5.11. The second-order valence-corrected chi connectivity index (χ2v) is 9.79. The van der Waals surface area contributed by atoms with E-state index >= 15 is 0 Å². The van der Waals surface area contributed by atoms with Gasteiger partial charge >= 0.3 is 0 Å².